The number of azo groups is 1. The predicted molar refractivity (Wildman–Crippen MR) is 324 cm³/mol. The second kappa shape index (κ2) is 36.0. The summed E-state index contributed by atoms with van der Waals surface area (Å²) in [5, 5.41) is 34.5. The van der Waals surface area contributed by atoms with Crippen molar-refractivity contribution in [1.29, 1.82) is 5.26 Å². The minimum absolute atomic E-state index is 0.0465. The molecule has 0 fully saturated rings. The first kappa shape index (κ1) is 67.0. The predicted octanol–water partition coefficient (Wildman–Crippen LogP) is 14.5. The number of nitrogens with one attached hydrogen (secondary N) is 1. The van der Waals surface area contributed by atoms with Gasteiger partial charge >= 0.3 is 0 Å². The van der Waals surface area contributed by atoms with E-state index in [-0.39, 0.29) is 33.4 Å². The van der Waals surface area contributed by atoms with E-state index < -0.39 is 20.6 Å². The maximum Gasteiger partial charge on any atom is 0.266 e. The molecule has 1 N–H and O–H groups in total. The highest BCUT2D eigenvalue weighted by molar-refractivity contribution is 7.94. The van der Waals surface area contributed by atoms with E-state index >= 15 is 0 Å². The van der Waals surface area contributed by atoms with Crippen molar-refractivity contribution in [2.45, 2.75) is 168 Å². The molecule has 6 rings (SSSR count). The Morgan fingerprint density at radius 3 is 1.55 bits per heavy atom. The van der Waals surface area contributed by atoms with Crippen molar-refractivity contribution >= 4 is 62.1 Å². The highest BCUT2D eigenvalue weighted by Gasteiger charge is 2.26. The van der Waals surface area contributed by atoms with Crippen molar-refractivity contribution in [1.82, 2.24) is 9.38 Å². The van der Waals surface area contributed by atoms with Gasteiger partial charge in [-0.25, -0.2) is 13.4 Å². The zero-order valence-electron chi connectivity index (χ0n) is 49.1. The Labute approximate surface area is 482 Å². The number of nitriles is 1. The Hall–Kier alpha value is -5.55. The third kappa shape index (κ3) is 20.5. The number of rotatable bonds is 33. The summed E-state index contributed by atoms with van der Waals surface area (Å²) in [4.78, 5) is 18.5. The molecule has 0 bridgehead atoms. The number of imidazole rings is 1. The number of unbranched alkanes of at least 4 members (excludes halogenated alkanes) is 8. The Balaban J connectivity index is 0.000000333. The maximum atomic E-state index is 14.0. The molecule has 4 aromatic carbocycles. The van der Waals surface area contributed by atoms with Crippen LogP contribution in [0.15, 0.2) is 122 Å². The summed E-state index contributed by atoms with van der Waals surface area (Å²) in [6.07, 6.45) is 23.4. The molecular formula is C63H90N8O7S2. The molecule has 80 heavy (non-hydrogen) atoms. The van der Waals surface area contributed by atoms with E-state index in [4.69, 9.17) is 0 Å². The number of para-hydroxylation sites is 2. The highest BCUT2D eigenvalue weighted by atomic mass is 32.2. The van der Waals surface area contributed by atoms with Gasteiger partial charge < -0.3 is 24.1 Å². The summed E-state index contributed by atoms with van der Waals surface area (Å²) in [6, 6.07) is 28.0. The molecule has 0 unspecified atom stereocenters. The van der Waals surface area contributed by atoms with Gasteiger partial charge in [0.15, 0.2) is 5.65 Å². The smallest absolute Gasteiger partial charge is 0.266 e. The third-order valence-electron chi connectivity index (χ3n) is 14.7. The van der Waals surface area contributed by atoms with Crippen LogP contribution in [0.25, 0.3) is 34.0 Å². The third-order valence-corrected chi connectivity index (χ3v) is 16.1. The van der Waals surface area contributed by atoms with Gasteiger partial charge in [-0.3, -0.25) is 14.2 Å². The van der Waals surface area contributed by atoms with E-state index in [2.05, 4.69) is 91.4 Å². The Morgan fingerprint density at radius 2 is 1.10 bits per heavy atom. The molecule has 0 atom stereocenters. The van der Waals surface area contributed by atoms with Crippen LogP contribution in [-0.4, -0.2) is 83.7 Å². The van der Waals surface area contributed by atoms with Gasteiger partial charge in [0.25, 0.3) is 5.56 Å². The molecule has 0 aliphatic heterocycles. The first-order valence-electron chi connectivity index (χ1n) is 29.4. The van der Waals surface area contributed by atoms with E-state index in [9.17, 15) is 28.3 Å². The summed E-state index contributed by atoms with van der Waals surface area (Å²) in [7, 11) is -5.03. The van der Waals surface area contributed by atoms with Crippen LogP contribution >= 0.6 is 12.0 Å². The fraction of sp³-hybridized carbons (Fsp3) is 0.508. The first-order chi connectivity index (χ1) is 38.8. The van der Waals surface area contributed by atoms with Crippen molar-refractivity contribution in [2.75, 3.05) is 57.7 Å². The lowest BCUT2D eigenvalue weighted by atomic mass is 9.99. The molecule has 2 heterocycles. The average molecular weight is 1140 g/mol. The molecule has 0 aliphatic rings. The fourth-order valence-electron chi connectivity index (χ4n) is 10.1. The van der Waals surface area contributed by atoms with Crippen molar-refractivity contribution < 1.29 is 36.6 Å². The van der Waals surface area contributed by atoms with Crippen LogP contribution in [0.2, 0.25) is 0 Å². The van der Waals surface area contributed by atoms with Crippen LogP contribution in [0, 0.1) is 11.3 Å². The van der Waals surface area contributed by atoms with E-state index in [1.165, 1.54) is 187 Å². The number of hydrogen-bond donors (Lipinski definition) is 1. The van der Waals surface area contributed by atoms with E-state index in [0.717, 1.165) is 6.07 Å². The van der Waals surface area contributed by atoms with Crippen LogP contribution in [0.1, 0.15) is 164 Å². The quantitative estimate of drug-likeness (QED) is 0.0103. The van der Waals surface area contributed by atoms with Crippen molar-refractivity contribution in [3.63, 3.8) is 0 Å². The van der Waals surface area contributed by atoms with Crippen LogP contribution in [0.5, 0.6) is 0 Å². The van der Waals surface area contributed by atoms with Crippen molar-refractivity contribution in [2.24, 2.45) is 10.2 Å². The van der Waals surface area contributed by atoms with Gasteiger partial charge in [-0.05, 0) is 112 Å². The number of nitrogens with zero attached hydrogens (tertiary/aromatic N) is 7. The largest absolute Gasteiger partial charge is 0.744 e. The Kier molecular flexibility index (Phi) is 30.2. The molecular weight excluding hydrogens is 1040 g/mol. The lowest BCUT2D eigenvalue weighted by Gasteiger charge is -2.39. The second-order valence-corrected chi connectivity index (χ2v) is 23.0. The summed E-state index contributed by atoms with van der Waals surface area (Å²) in [6.45, 7) is 30.0. The van der Waals surface area contributed by atoms with Gasteiger partial charge in [0.2, 0.25) is 0 Å². The van der Waals surface area contributed by atoms with Crippen LogP contribution in [-0.2, 0) is 19.5 Å². The fourth-order valence-corrected chi connectivity index (χ4v) is 11.1. The summed E-state index contributed by atoms with van der Waals surface area (Å²) < 4.78 is 45.4. The zero-order chi connectivity index (χ0) is 58.2. The topological polar surface area (TPSA) is 194 Å². The van der Waals surface area contributed by atoms with E-state index in [1.807, 2.05) is 0 Å². The average Bonchev–Trinajstić information content (AvgIpc) is 4.10. The van der Waals surface area contributed by atoms with Gasteiger partial charge in [0.05, 0.1) is 103 Å². The number of quaternary nitrogens is 2. The van der Waals surface area contributed by atoms with Crippen LogP contribution in [0.4, 0.5) is 17.1 Å². The molecule has 0 radical (unpaired) electrons. The highest BCUT2D eigenvalue weighted by Crippen LogP contribution is 2.30. The first-order valence-corrected chi connectivity index (χ1v) is 31.6. The summed E-state index contributed by atoms with van der Waals surface area (Å²) in [5.41, 5.74) is 2.00. The van der Waals surface area contributed by atoms with Gasteiger partial charge in [0, 0.05) is 16.7 Å². The monoisotopic (exact) mass is 1130 g/mol. The van der Waals surface area contributed by atoms with Gasteiger partial charge in [-0.15, -0.1) is 0 Å². The molecule has 0 saturated carbocycles. The molecule has 0 saturated heterocycles. The molecule has 0 spiro atoms. The number of fused-ring (bicyclic) bond motifs is 3. The summed E-state index contributed by atoms with van der Waals surface area (Å²) in [5.74, 6) is 0. The van der Waals surface area contributed by atoms with Crippen LogP contribution < -0.4 is 21.4 Å². The zero-order valence-corrected chi connectivity index (χ0v) is 50.7. The van der Waals surface area contributed by atoms with E-state index in [0.29, 0.717) is 39.2 Å². The molecule has 2 aromatic heterocycles. The Morgan fingerprint density at radius 1 is 0.650 bits per heavy atom. The molecule has 0 aliphatic carbocycles. The van der Waals surface area contributed by atoms with Gasteiger partial charge in [0.1, 0.15) is 21.8 Å². The molecule has 0 amide bonds. The van der Waals surface area contributed by atoms with Crippen molar-refractivity contribution in [3.05, 3.63) is 118 Å². The van der Waals surface area contributed by atoms with Gasteiger partial charge in [-0.2, -0.15) is 19.8 Å². The number of aromatic nitrogens is 2. The lowest BCUT2D eigenvalue weighted by Crippen LogP contribution is -2.50. The molecule has 6 aromatic rings. The van der Waals surface area contributed by atoms with Crippen LogP contribution in [0.3, 0.4) is 0 Å². The standard InChI is InChI=1S/C31H20N6O7S2.2C16H36N/c32-17-23-29(19-6-2-1-3-7-19)24(31(38)37-27-9-5-4-8-25(27)34-30(23)37)18-33-26-15-12-21(16-28(26)46(40,41)42)36-35-20-10-13-22(14-11-20)45-44-43-39;2*1-5-9-13-17(14-10-6-2,15-11-7-3)16-12-8-4/h1-16,18,33,39H,(H,40,41,42);2*5-16H2,1-4H3/q;2*+1/p-2/b24-18+,36-35?;;. The molecule has 15 nitrogen and oxygen atoms in total. The van der Waals surface area contributed by atoms with Gasteiger partial charge in [-0.1, -0.05) is 149 Å². The van der Waals surface area contributed by atoms with E-state index in [1.54, 1.807) is 78.9 Å². The number of pyridine rings is 1. The summed E-state index contributed by atoms with van der Waals surface area (Å²) >= 11 is 0.698. The second-order valence-electron chi connectivity index (χ2n) is 20.8. The SMILES string of the molecule is CCCC[N+](CCCC)(CCCC)CCCC.CCCC[N+](CCCC)(CCCC)CCCC.N#Cc1c(-c2ccccc2)/c(=C\Nc2ccc(N=Nc3ccc(SOO[O-])cc3)cc2S(=O)(=O)[O-])c(=O)n2c1nc1ccccc12. The lowest BCUT2D eigenvalue weighted by molar-refractivity contribution is -0.929. The Bertz CT molecular complexity index is 2950. The molecule has 436 valence electrons. The number of hydrogen-bond acceptors (Lipinski definition) is 13. The number of benzene rings is 4. The molecule has 17 heteroatoms. The normalized spacial score (nSPS) is 12.1. The van der Waals surface area contributed by atoms with Crippen molar-refractivity contribution in [3.8, 4) is 17.2 Å². The minimum atomic E-state index is -5.03. The number of anilines is 1. The maximum absolute atomic E-state index is 14.0. The minimum Gasteiger partial charge on any atom is -0.744 e.